The summed E-state index contributed by atoms with van der Waals surface area (Å²) in [6.45, 7) is 1.69. The summed E-state index contributed by atoms with van der Waals surface area (Å²) in [5.41, 5.74) is 0.533. The first-order valence-electron chi connectivity index (χ1n) is 4.92. The Kier molecular flexibility index (Phi) is 4.19. The molecule has 0 atom stereocenters. The van der Waals surface area contributed by atoms with E-state index in [0.29, 0.717) is 16.7 Å². The minimum atomic E-state index is -0.702. The van der Waals surface area contributed by atoms with Gasteiger partial charge in [0.25, 0.3) is 0 Å². The number of ether oxygens (including phenoxy) is 1. The molecule has 0 spiro atoms. The number of aromatic hydroxyl groups is 2. The molecule has 90 valence electrons. The Hall–Kier alpha value is -1.69. The molecule has 1 aromatic rings. The fourth-order valence-electron chi connectivity index (χ4n) is 1.31. The molecule has 0 saturated heterocycles. The molecule has 0 fully saturated rings. The third-order valence-electron chi connectivity index (χ3n) is 1.97. The second kappa shape index (κ2) is 5.41. The summed E-state index contributed by atoms with van der Waals surface area (Å²) < 4.78 is 5.25. The molecule has 16 heavy (non-hydrogen) atoms. The van der Waals surface area contributed by atoms with Crippen LogP contribution in [0.3, 0.4) is 0 Å². The van der Waals surface area contributed by atoms with Crippen molar-refractivity contribution in [2.24, 2.45) is 0 Å². The topological polar surface area (TPSA) is 80.9 Å². The van der Waals surface area contributed by atoms with E-state index in [2.05, 4.69) is 4.74 Å². The number of aryl methyl sites for hydroxylation is 1. The summed E-state index contributed by atoms with van der Waals surface area (Å²) in [5.74, 6) is -1.28. The number of rotatable bonds is 5. The van der Waals surface area contributed by atoms with E-state index in [-0.39, 0.29) is 18.4 Å². The number of carbonyl (C=O) groups is 1. The summed E-state index contributed by atoms with van der Waals surface area (Å²) >= 11 is 0. The molecule has 0 saturated carbocycles. The highest BCUT2D eigenvalue weighted by Crippen LogP contribution is 2.27. The van der Waals surface area contributed by atoms with Gasteiger partial charge in [0.1, 0.15) is 6.61 Å². The van der Waals surface area contributed by atoms with E-state index in [1.165, 1.54) is 13.2 Å². The summed E-state index contributed by atoms with van der Waals surface area (Å²) in [7, 11) is 1.35. The predicted molar refractivity (Wildman–Crippen MR) is 55.2 cm³/mol. The standard InChI is InChI=1S/C10H15NO5/c1-3-4-7-5-8(12)11(10(7)14)16-9(13)6-15-2/h5,12,14H,3-4,6H2,1-2H3. The van der Waals surface area contributed by atoms with Crippen molar-refractivity contribution in [3.63, 3.8) is 0 Å². The summed E-state index contributed by atoms with van der Waals surface area (Å²) in [6.07, 6.45) is 1.40. The second-order valence-electron chi connectivity index (χ2n) is 3.29. The van der Waals surface area contributed by atoms with Gasteiger partial charge in [0.05, 0.1) is 0 Å². The minimum absolute atomic E-state index is 0.250. The van der Waals surface area contributed by atoms with E-state index in [1.54, 1.807) is 0 Å². The monoisotopic (exact) mass is 229 g/mol. The highest BCUT2D eigenvalue weighted by molar-refractivity contribution is 5.71. The van der Waals surface area contributed by atoms with Gasteiger partial charge in [0.15, 0.2) is 0 Å². The predicted octanol–water partition coefficient (Wildman–Crippen LogP) is 0.453. The Labute approximate surface area is 93.0 Å². The molecule has 6 nitrogen and oxygen atoms in total. The van der Waals surface area contributed by atoms with Crippen molar-refractivity contribution in [2.45, 2.75) is 19.8 Å². The highest BCUT2D eigenvalue weighted by atomic mass is 16.7. The average Bonchev–Trinajstić information content (AvgIpc) is 2.47. The van der Waals surface area contributed by atoms with Crippen molar-refractivity contribution in [3.05, 3.63) is 11.6 Å². The Balaban J connectivity index is 2.83. The Morgan fingerprint density at radius 2 is 2.19 bits per heavy atom. The zero-order valence-corrected chi connectivity index (χ0v) is 9.27. The molecule has 0 bridgehead atoms. The van der Waals surface area contributed by atoms with Crippen LogP contribution in [0.25, 0.3) is 0 Å². The van der Waals surface area contributed by atoms with Crippen LogP contribution in [-0.4, -0.2) is 34.6 Å². The highest BCUT2D eigenvalue weighted by Gasteiger charge is 2.17. The van der Waals surface area contributed by atoms with Gasteiger partial charge >= 0.3 is 5.97 Å². The van der Waals surface area contributed by atoms with E-state index < -0.39 is 5.97 Å². The van der Waals surface area contributed by atoms with Gasteiger partial charge < -0.3 is 19.8 Å². The molecule has 0 amide bonds. The number of aromatic nitrogens is 1. The van der Waals surface area contributed by atoms with Gasteiger partial charge in [-0.05, 0) is 6.42 Å². The van der Waals surface area contributed by atoms with Crippen LogP contribution < -0.4 is 4.84 Å². The first kappa shape index (κ1) is 12.4. The molecular formula is C10H15NO5. The number of methoxy groups -OCH3 is 1. The molecule has 1 heterocycles. The van der Waals surface area contributed by atoms with E-state index in [0.717, 1.165) is 6.42 Å². The lowest BCUT2D eigenvalue weighted by atomic mass is 10.2. The first-order valence-corrected chi connectivity index (χ1v) is 4.92. The average molecular weight is 229 g/mol. The zero-order valence-electron chi connectivity index (χ0n) is 9.27. The van der Waals surface area contributed by atoms with Crippen molar-refractivity contribution in [1.29, 1.82) is 0 Å². The maximum absolute atomic E-state index is 11.1. The van der Waals surface area contributed by atoms with E-state index in [1.807, 2.05) is 6.92 Å². The molecule has 1 aromatic heterocycles. The van der Waals surface area contributed by atoms with Crippen molar-refractivity contribution < 1.29 is 24.6 Å². The van der Waals surface area contributed by atoms with Gasteiger partial charge in [0.2, 0.25) is 11.8 Å². The third-order valence-corrected chi connectivity index (χ3v) is 1.97. The molecule has 2 N–H and O–H groups in total. The largest absolute Gasteiger partial charge is 0.492 e. The van der Waals surface area contributed by atoms with E-state index in [9.17, 15) is 15.0 Å². The van der Waals surface area contributed by atoms with Gasteiger partial charge in [-0.15, -0.1) is 4.73 Å². The molecule has 6 heteroatoms. The minimum Gasteiger partial charge on any atom is -0.492 e. The van der Waals surface area contributed by atoms with Crippen molar-refractivity contribution >= 4 is 5.97 Å². The van der Waals surface area contributed by atoms with Gasteiger partial charge in [-0.25, -0.2) is 4.79 Å². The number of carbonyl (C=O) groups excluding carboxylic acids is 1. The van der Waals surface area contributed by atoms with Crippen molar-refractivity contribution in [3.8, 4) is 11.8 Å². The van der Waals surface area contributed by atoms with Gasteiger partial charge in [-0.1, -0.05) is 13.3 Å². The molecule has 0 radical (unpaired) electrons. The number of hydrogen-bond donors (Lipinski definition) is 2. The molecular weight excluding hydrogens is 214 g/mol. The second-order valence-corrected chi connectivity index (χ2v) is 3.29. The van der Waals surface area contributed by atoms with Crippen LogP contribution in [0.5, 0.6) is 11.8 Å². The zero-order chi connectivity index (χ0) is 12.1. The fourth-order valence-corrected chi connectivity index (χ4v) is 1.31. The smallest absolute Gasteiger partial charge is 0.358 e. The van der Waals surface area contributed by atoms with Crippen LogP contribution in [0.15, 0.2) is 6.07 Å². The Morgan fingerprint density at radius 1 is 1.50 bits per heavy atom. The number of hydrogen-bond acceptors (Lipinski definition) is 5. The Morgan fingerprint density at radius 3 is 2.75 bits per heavy atom. The summed E-state index contributed by atoms with van der Waals surface area (Å²) in [4.78, 5) is 15.8. The first-order chi connectivity index (χ1) is 7.60. The van der Waals surface area contributed by atoms with Crippen LogP contribution in [0.2, 0.25) is 0 Å². The number of nitrogens with zero attached hydrogens (tertiary/aromatic N) is 1. The quantitative estimate of drug-likeness (QED) is 0.766. The maximum Gasteiger partial charge on any atom is 0.358 e. The van der Waals surface area contributed by atoms with Crippen molar-refractivity contribution in [2.75, 3.05) is 13.7 Å². The van der Waals surface area contributed by atoms with Gasteiger partial charge in [-0.3, -0.25) is 0 Å². The maximum atomic E-state index is 11.1. The SMILES string of the molecule is CCCc1cc(O)n(OC(=O)COC)c1O. The van der Waals surface area contributed by atoms with Crippen LogP contribution in [0.1, 0.15) is 18.9 Å². The van der Waals surface area contributed by atoms with Crippen LogP contribution in [-0.2, 0) is 16.0 Å². The summed E-state index contributed by atoms with van der Waals surface area (Å²) in [5, 5.41) is 19.1. The van der Waals surface area contributed by atoms with E-state index in [4.69, 9.17) is 4.84 Å². The lowest BCUT2D eigenvalue weighted by molar-refractivity contribution is -0.149. The van der Waals surface area contributed by atoms with Crippen LogP contribution >= 0.6 is 0 Å². The summed E-state index contributed by atoms with van der Waals surface area (Å²) in [6, 6.07) is 1.36. The molecule has 0 unspecified atom stereocenters. The lowest BCUT2D eigenvalue weighted by Crippen LogP contribution is -2.22. The van der Waals surface area contributed by atoms with Crippen LogP contribution in [0, 0.1) is 0 Å². The lowest BCUT2D eigenvalue weighted by Gasteiger charge is -2.06. The molecule has 1 rings (SSSR count). The fraction of sp³-hybridized carbons (Fsp3) is 0.500. The van der Waals surface area contributed by atoms with Crippen molar-refractivity contribution in [1.82, 2.24) is 4.73 Å². The molecule has 0 aromatic carbocycles. The van der Waals surface area contributed by atoms with Gasteiger partial charge in [0, 0.05) is 18.7 Å². The molecule has 0 aliphatic rings. The molecule has 0 aliphatic heterocycles. The van der Waals surface area contributed by atoms with Gasteiger partial charge in [-0.2, -0.15) is 0 Å². The third kappa shape index (κ3) is 2.66. The molecule has 0 aliphatic carbocycles. The Bertz CT molecular complexity index is 372. The normalized spacial score (nSPS) is 10.4. The van der Waals surface area contributed by atoms with Crippen LogP contribution in [0.4, 0.5) is 0 Å². The van der Waals surface area contributed by atoms with E-state index >= 15 is 0 Å².